The number of halogens is 4. The number of H-pyrrole nitrogens is 1. The zero-order valence-electron chi connectivity index (χ0n) is 15.6. The summed E-state index contributed by atoms with van der Waals surface area (Å²) in [5.41, 5.74) is 7.35. The number of benzene rings is 3. The van der Waals surface area contributed by atoms with Gasteiger partial charge in [0.1, 0.15) is 0 Å². The van der Waals surface area contributed by atoms with E-state index < -0.39 is 11.7 Å². The summed E-state index contributed by atoms with van der Waals surface area (Å²) in [7, 11) is 0. The molecule has 1 aromatic heterocycles. The van der Waals surface area contributed by atoms with Gasteiger partial charge < -0.3 is 10.7 Å². The normalized spacial score (nSPS) is 12.2. The van der Waals surface area contributed by atoms with Crippen molar-refractivity contribution in [2.75, 3.05) is 6.54 Å². The van der Waals surface area contributed by atoms with Gasteiger partial charge in [-0.1, -0.05) is 48.0 Å². The predicted molar refractivity (Wildman–Crippen MR) is 113 cm³/mol. The highest BCUT2D eigenvalue weighted by Crippen LogP contribution is 2.41. The van der Waals surface area contributed by atoms with Crippen molar-refractivity contribution in [1.29, 1.82) is 0 Å². The molecule has 0 spiro atoms. The summed E-state index contributed by atoms with van der Waals surface area (Å²) in [5.74, 6) is 0. The third-order valence-corrected chi connectivity index (χ3v) is 5.42. The molecule has 0 saturated carbocycles. The number of aromatic amines is 1. The van der Waals surface area contributed by atoms with Gasteiger partial charge in [0.15, 0.2) is 0 Å². The Balaban J connectivity index is 1.96. The first-order chi connectivity index (χ1) is 13.9. The van der Waals surface area contributed by atoms with E-state index >= 15 is 0 Å². The van der Waals surface area contributed by atoms with Gasteiger partial charge in [-0.15, -0.1) is 0 Å². The fourth-order valence-electron chi connectivity index (χ4n) is 3.84. The molecule has 0 aliphatic carbocycles. The molecule has 0 amide bonds. The molecule has 6 heteroatoms. The summed E-state index contributed by atoms with van der Waals surface area (Å²) in [6.45, 7) is 0.544. The van der Waals surface area contributed by atoms with Crippen LogP contribution in [-0.4, -0.2) is 11.5 Å². The van der Waals surface area contributed by atoms with Gasteiger partial charge in [-0.2, -0.15) is 13.2 Å². The van der Waals surface area contributed by atoms with E-state index in [9.17, 15) is 13.2 Å². The lowest BCUT2D eigenvalue weighted by atomic mass is 9.98. The van der Waals surface area contributed by atoms with Crippen molar-refractivity contribution in [2.45, 2.75) is 25.4 Å². The van der Waals surface area contributed by atoms with Crippen LogP contribution in [0.5, 0.6) is 0 Å². The molecule has 0 radical (unpaired) electrons. The number of hydrogen-bond acceptors (Lipinski definition) is 1. The van der Waals surface area contributed by atoms with Crippen LogP contribution in [0.3, 0.4) is 0 Å². The molecule has 0 atom stereocenters. The number of nitrogens with two attached hydrogens (primary N) is 1. The predicted octanol–water partition coefficient (Wildman–Crippen LogP) is 6.94. The van der Waals surface area contributed by atoms with Crippen LogP contribution in [0.4, 0.5) is 13.2 Å². The second-order valence-corrected chi connectivity index (χ2v) is 7.60. The van der Waals surface area contributed by atoms with Gasteiger partial charge >= 0.3 is 6.18 Å². The summed E-state index contributed by atoms with van der Waals surface area (Å²) in [4.78, 5) is 3.06. The third-order valence-electron chi connectivity index (χ3n) is 5.20. The maximum atomic E-state index is 13.7. The zero-order chi connectivity index (χ0) is 20.6. The monoisotopic (exact) mass is 416 g/mol. The largest absolute Gasteiger partial charge is 0.418 e. The fraction of sp³-hybridized carbons (Fsp3) is 0.217. The SMILES string of the molecule is NCCCCc1c(-c2ccc3ccccc3c2)[nH]c2c(C(F)(F)F)cc(Cl)cc12. The van der Waals surface area contributed by atoms with Crippen molar-refractivity contribution in [3.8, 4) is 11.3 Å². The van der Waals surface area contributed by atoms with Crippen molar-refractivity contribution in [3.05, 3.63) is 70.7 Å². The maximum absolute atomic E-state index is 13.7. The average Bonchev–Trinajstić information content (AvgIpc) is 3.05. The molecule has 4 aromatic rings. The molecule has 0 bridgehead atoms. The van der Waals surface area contributed by atoms with Crippen LogP contribution in [0.1, 0.15) is 24.0 Å². The van der Waals surface area contributed by atoms with Crippen LogP contribution >= 0.6 is 11.6 Å². The fourth-order valence-corrected chi connectivity index (χ4v) is 4.05. The number of rotatable bonds is 5. The number of aryl methyl sites for hydroxylation is 1. The molecule has 0 unspecified atom stereocenters. The summed E-state index contributed by atoms with van der Waals surface area (Å²) >= 11 is 6.06. The minimum absolute atomic E-state index is 0.0767. The smallest absolute Gasteiger partial charge is 0.354 e. The Morgan fingerprint density at radius 2 is 1.69 bits per heavy atom. The molecule has 2 nitrogen and oxygen atoms in total. The molecule has 150 valence electrons. The molecule has 0 aliphatic rings. The van der Waals surface area contributed by atoms with Crippen LogP contribution in [0.25, 0.3) is 32.9 Å². The molecule has 3 N–H and O–H groups in total. The Morgan fingerprint density at radius 1 is 0.931 bits per heavy atom. The average molecular weight is 417 g/mol. The second-order valence-electron chi connectivity index (χ2n) is 7.16. The van der Waals surface area contributed by atoms with Gasteiger partial charge in [0.25, 0.3) is 0 Å². The van der Waals surface area contributed by atoms with Crippen LogP contribution < -0.4 is 5.73 Å². The molecule has 4 rings (SSSR count). The van der Waals surface area contributed by atoms with Gasteiger partial charge in [0.05, 0.1) is 11.1 Å². The maximum Gasteiger partial charge on any atom is 0.418 e. The molecular weight excluding hydrogens is 397 g/mol. The van der Waals surface area contributed by atoms with Gasteiger partial charge in [-0.25, -0.2) is 0 Å². The number of alkyl halides is 3. The molecule has 0 fully saturated rings. The first kappa shape index (κ1) is 19.8. The summed E-state index contributed by atoms with van der Waals surface area (Å²) in [6, 6.07) is 16.4. The molecular formula is C23H20ClF3N2. The van der Waals surface area contributed by atoms with Crippen LogP contribution in [0.15, 0.2) is 54.6 Å². The molecule has 0 aliphatic heterocycles. The molecule has 3 aromatic carbocycles. The topological polar surface area (TPSA) is 41.8 Å². The summed E-state index contributed by atoms with van der Waals surface area (Å²) in [5, 5.41) is 2.71. The van der Waals surface area contributed by atoms with E-state index in [1.807, 2.05) is 42.5 Å². The lowest BCUT2D eigenvalue weighted by molar-refractivity contribution is -0.136. The standard InChI is InChI=1S/C23H20ClF3N2/c24-17-12-19-18(7-3-4-10-28)21(29-22(19)20(13-17)23(25,26)27)16-9-8-14-5-1-2-6-15(14)11-16/h1-2,5-6,8-9,11-13,29H,3-4,7,10,28H2. The Morgan fingerprint density at radius 3 is 2.41 bits per heavy atom. The van der Waals surface area contributed by atoms with Crippen molar-refractivity contribution >= 4 is 33.3 Å². The van der Waals surface area contributed by atoms with E-state index in [4.69, 9.17) is 17.3 Å². The van der Waals surface area contributed by atoms with Crippen molar-refractivity contribution in [2.24, 2.45) is 5.73 Å². The second kappa shape index (κ2) is 7.73. The number of aromatic nitrogens is 1. The lowest BCUT2D eigenvalue weighted by Crippen LogP contribution is -2.05. The van der Waals surface area contributed by atoms with Gasteiger partial charge in [-0.3, -0.25) is 0 Å². The zero-order valence-corrected chi connectivity index (χ0v) is 16.4. The number of nitrogens with one attached hydrogen (secondary N) is 1. The van der Waals surface area contributed by atoms with Crippen molar-refractivity contribution < 1.29 is 13.2 Å². The first-order valence-corrected chi connectivity index (χ1v) is 9.87. The van der Waals surface area contributed by atoms with Crippen LogP contribution in [0.2, 0.25) is 5.02 Å². The lowest BCUT2D eigenvalue weighted by Gasteiger charge is -2.09. The van der Waals surface area contributed by atoms with Gasteiger partial charge in [0, 0.05) is 16.1 Å². The molecule has 29 heavy (non-hydrogen) atoms. The number of hydrogen-bond donors (Lipinski definition) is 2. The van der Waals surface area contributed by atoms with Gasteiger partial charge in [0.2, 0.25) is 0 Å². The van der Waals surface area contributed by atoms with Crippen LogP contribution in [0, 0.1) is 0 Å². The van der Waals surface area contributed by atoms with Crippen molar-refractivity contribution in [3.63, 3.8) is 0 Å². The quantitative estimate of drug-likeness (QED) is 0.340. The van der Waals surface area contributed by atoms with E-state index in [1.165, 1.54) is 0 Å². The Kier molecular flexibility index (Phi) is 5.28. The Hall–Kier alpha value is -2.50. The summed E-state index contributed by atoms with van der Waals surface area (Å²) < 4.78 is 41.0. The van der Waals surface area contributed by atoms with E-state index in [2.05, 4.69) is 4.98 Å². The minimum atomic E-state index is -4.50. The number of fused-ring (bicyclic) bond motifs is 2. The Bertz CT molecular complexity index is 1180. The highest BCUT2D eigenvalue weighted by Gasteiger charge is 2.34. The highest BCUT2D eigenvalue weighted by atomic mass is 35.5. The van der Waals surface area contributed by atoms with E-state index in [0.717, 1.165) is 40.8 Å². The van der Waals surface area contributed by atoms with Crippen molar-refractivity contribution in [1.82, 2.24) is 4.98 Å². The molecule has 1 heterocycles. The van der Waals surface area contributed by atoms with Gasteiger partial charge in [-0.05, 0) is 65.9 Å². The first-order valence-electron chi connectivity index (χ1n) is 9.49. The van der Waals surface area contributed by atoms with E-state index in [-0.39, 0.29) is 10.5 Å². The third kappa shape index (κ3) is 3.85. The highest BCUT2D eigenvalue weighted by molar-refractivity contribution is 6.31. The number of unbranched alkanes of at least 4 members (excludes halogenated alkanes) is 1. The Labute approximate surface area is 171 Å². The van der Waals surface area contributed by atoms with E-state index in [1.54, 1.807) is 6.07 Å². The molecule has 0 saturated heterocycles. The van der Waals surface area contributed by atoms with Crippen LogP contribution in [-0.2, 0) is 12.6 Å². The minimum Gasteiger partial charge on any atom is -0.354 e. The van der Waals surface area contributed by atoms with E-state index in [0.29, 0.717) is 24.0 Å². The summed E-state index contributed by atoms with van der Waals surface area (Å²) in [6.07, 6.45) is -2.28.